The number of rotatable bonds is 4. The van der Waals surface area contributed by atoms with E-state index in [1.165, 1.54) is 5.39 Å². The fourth-order valence-corrected chi connectivity index (χ4v) is 3.69. The summed E-state index contributed by atoms with van der Waals surface area (Å²) in [6, 6.07) is 17.8. The van der Waals surface area contributed by atoms with Gasteiger partial charge in [-0.2, -0.15) is 0 Å². The Balaban J connectivity index is 1.40. The van der Waals surface area contributed by atoms with Crippen molar-refractivity contribution >= 4 is 16.7 Å². The molecule has 1 aromatic heterocycles. The fraction of sp³-hybridized carbons (Fsp3) is 0.348. The molecule has 146 valence electrons. The molecule has 0 bridgehead atoms. The Kier molecular flexibility index (Phi) is 4.85. The molecule has 1 aliphatic heterocycles. The van der Waals surface area contributed by atoms with E-state index < -0.39 is 0 Å². The normalized spacial score (nSPS) is 19.0. The Morgan fingerprint density at radius 1 is 1.18 bits per heavy atom. The maximum Gasteiger partial charge on any atom is 0.289 e. The summed E-state index contributed by atoms with van der Waals surface area (Å²) in [5.41, 5.74) is 6.07. The number of carbonyl (C=O) groups excluding carboxylic acids is 1. The van der Waals surface area contributed by atoms with Gasteiger partial charge in [-0.15, -0.1) is 0 Å². The lowest BCUT2D eigenvalue weighted by molar-refractivity contribution is 0.0500. The van der Waals surface area contributed by atoms with Crippen LogP contribution in [0.4, 0.5) is 0 Å². The molecule has 5 heteroatoms. The number of fused-ring (bicyclic) bond motifs is 1. The highest BCUT2D eigenvalue weighted by molar-refractivity contribution is 5.91. The van der Waals surface area contributed by atoms with Crippen LogP contribution in [0.2, 0.25) is 0 Å². The van der Waals surface area contributed by atoms with Gasteiger partial charge in [0.05, 0.1) is 0 Å². The predicted molar refractivity (Wildman–Crippen MR) is 109 cm³/mol. The quantitative estimate of drug-likeness (QED) is 0.738. The zero-order chi connectivity index (χ0) is 19.7. The van der Waals surface area contributed by atoms with Crippen LogP contribution in [-0.2, 0) is 6.61 Å². The van der Waals surface area contributed by atoms with Crippen molar-refractivity contribution in [1.82, 2.24) is 4.90 Å². The van der Waals surface area contributed by atoms with Crippen molar-refractivity contribution < 1.29 is 13.9 Å². The van der Waals surface area contributed by atoms with Gasteiger partial charge in [0, 0.05) is 19.1 Å². The number of hydrogen-bond donors (Lipinski definition) is 1. The Hall–Kier alpha value is -2.79. The molecular weight excluding hydrogens is 352 g/mol. The minimum atomic E-state index is -0.0947. The van der Waals surface area contributed by atoms with Gasteiger partial charge < -0.3 is 19.8 Å². The average molecular weight is 378 g/mol. The van der Waals surface area contributed by atoms with Gasteiger partial charge in [0.15, 0.2) is 5.76 Å². The molecule has 1 fully saturated rings. The molecule has 28 heavy (non-hydrogen) atoms. The first-order valence-corrected chi connectivity index (χ1v) is 9.67. The summed E-state index contributed by atoms with van der Waals surface area (Å²) in [6.45, 7) is 5.77. The summed E-state index contributed by atoms with van der Waals surface area (Å²) in [6.07, 6.45) is 0.803. The Morgan fingerprint density at radius 3 is 2.75 bits per heavy atom. The molecule has 0 spiro atoms. The fourth-order valence-electron chi connectivity index (χ4n) is 3.69. The first-order chi connectivity index (χ1) is 13.4. The number of furan rings is 1. The van der Waals surface area contributed by atoms with Crippen LogP contribution in [-0.4, -0.2) is 29.9 Å². The molecule has 1 unspecified atom stereocenters. The monoisotopic (exact) mass is 378 g/mol. The van der Waals surface area contributed by atoms with Gasteiger partial charge in [-0.05, 0) is 46.9 Å². The zero-order valence-corrected chi connectivity index (χ0v) is 16.4. The molecule has 2 aromatic carbocycles. The molecule has 1 aliphatic rings. The molecule has 0 radical (unpaired) electrons. The molecule has 0 saturated carbocycles. The molecule has 3 aromatic rings. The third kappa shape index (κ3) is 3.76. The van der Waals surface area contributed by atoms with Crippen LogP contribution in [0.1, 0.15) is 36.6 Å². The highest BCUT2D eigenvalue weighted by Gasteiger charge is 2.36. The number of ether oxygens (including phenoxy) is 1. The van der Waals surface area contributed by atoms with E-state index >= 15 is 0 Å². The SMILES string of the molecule is CC1(C)CN(C(=O)c2ccc(COc3ccc4ccccc4c3)o2)CCC1N. The maximum atomic E-state index is 12.8. The van der Waals surface area contributed by atoms with Gasteiger partial charge in [-0.1, -0.05) is 44.2 Å². The third-order valence-corrected chi connectivity index (χ3v) is 5.57. The van der Waals surface area contributed by atoms with Crippen molar-refractivity contribution in [3.63, 3.8) is 0 Å². The van der Waals surface area contributed by atoms with Crippen LogP contribution in [0.3, 0.4) is 0 Å². The maximum absolute atomic E-state index is 12.8. The number of carbonyl (C=O) groups is 1. The van der Waals surface area contributed by atoms with E-state index in [1.807, 2.05) is 35.2 Å². The largest absolute Gasteiger partial charge is 0.486 e. The summed E-state index contributed by atoms with van der Waals surface area (Å²) in [5.74, 6) is 1.67. The number of hydrogen-bond acceptors (Lipinski definition) is 4. The third-order valence-electron chi connectivity index (χ3n) is 5.57. The smallest absolute Gasteiger partial charge is 0.289 e. The molecule has 4 rings (SSSR count). The van der Waals surface area contributed by atoms with Gasteiger partial charge in [-0.25, -0.2) is 0 Å². The minimum Gasteiger partial charge on any atom is -0.486 e. The first-order valence-electron chi connectivity index (χ1n) is 9.67. The summed E-state index contributed by atoms with van der Waals surface area (Å²) in [7, 11) is 0. The highest BCUT2D eigenvalue weighted by Crippen LogP contribution is 2.29. The summed E-state index contributed by atoms with van der Waals surface area (Å²) in [4.78, 5) is 14.6. The van der Waals surface area contributed by atoms with Crippen LogP contribution < -0.4 is 10.5 Å². The zero-order valence-electron chi connectivity index (χ0n) is 16.4. The molecule has 0 aliphatic carbocycles. The number of piperidine rings is 1. The lowest BCUT2D eigenvalue weighted by Gasteiger charge is -2.42. The van der Waals surface area contributed by atoms with E-state index in [9.17, 15) is 4.79 Å². The number of nitrogens with zero attached hydrogens (tertiary/aromatic N) is 1. The van der Waals surface area contributed by atoms with Crippen molar-refractivity contribution in [2.45, 2.75) is 32.9 Å². The molecule has 2 heterocycles. The number of benzene rings is 2. The van der Waals surface area contributed by atoms with Crippen molar-refractivity contribution in [2.24, 2.45) is 11.1 Å². The first kappa shape index (κ1) is 18.6. The number of likely N-dealkylation sites (tertiary alicyclic amines) is 1. The second-order valence-electron chi connectivity index (χ2n) is 8.17. The standard InChI is InChI=1S/C23H26N2O3/c1-23(2)15-25(12-11-21(23)24)22(26)20-10-9-19(28-20)14-27-18-8-7-16-5-3-4-6-17(16)13-18/h3-10,13,21H,11-12,14-15,24H2,1-2H3. The summed E-state index contributed by atoms with van der Waals surface area (Å²) in [5, 5.41) is 2.30. The lowest BCUT2D eigenvalue weighted by atomic mass is 9.79. The van der Waals surface area contributed by atoms with Crippen LogP contribution in [0, 0.1) is 5.41 Å². The van der Waals surface area contributed by atoms with E-state index in [1.54, 1.807) is 12.1 Å². The van der Waals surface area contributed by atoms with Crippen molar-refractivity contribution in [1.29, 1.82) is 0 Å². The molecule has 1 amide bonds. The van der Waals surface area contributed by atoms with Gasteiger partial charge in [0.25, 0.3) is 5.91 Å². The van der Waals surface area contributed by atoms with Gasteiger partial charge in [-0.3, -0.25) is 4.79 Å². The van der Waals surface area contributed by atoms with Crippen molar-refractivity contribution in [3.8, 4) is 5.75 Å². The van der Waals surface area contributed by atoms with E-state index in [-0.39, 0.29) is 24.0 Å². The van der Waals surface area contributed by atoms with Gasteiger partial charge in [0.1, 0.15) is 18.1 Å². The van der Waals surface area contributed by atoms with Gasteiger partial charge in [0.2, 0.25) is 0 Å². The summed E-state index contributed by atoms with van der Waals surface area (Å²) >= 11 is 0. The van der Waals surface area contributed by atoms with E-state index in [0.29, 0.717) is 24.6 Å². The van der Waals surface area contributed by atoms with Crippen LogP contribution >= 0.6 is 0 Å². The number of nitrogens with two attached hydrogens (primary N) is 1. The topological polar surface area (TPSA) is 68.7 Å². The second kappa shape index (κ2) is 7.32. The van der Waals surface area contributed by atoms with E-state index in [2.05, 4.69) is 26.0 Å². The van der Waals surface area contributed by atoms with Crippen molar-refractivity contribution in [2.75, 3.05) is 13.1 Å². The van der Waals surface area contributed by atoms with Crippen molar-refractivity contribution in [3.05, 3.63) is 66.1 Å². The molecule has 5 nitrogen and oxygen atoms in total. The molecule has 2 N–H and O–H groups in total. The van der Waals surface area contributed by atoms with Crippen LogP contribution in [0.25, 0.3) is 10.8 Å². The molecule has 1 saturated heterocycles. The summed E-state index contributed by atoms with van der Waals surface area (Å²) < 4.78 is 11.6. The van der Waals surface area contributed by atoms with Crippen LogP contribution in [0.5, 0.6) is 5.75 Å². The highest BCUT2D eigenvalue weighted by atomic mass is 16.5. The minimum absolute atomic E-state index is 0.0862. The molecule has 1 atom stereocenters. The number of amides is 1. The molecular formula is C23H26N2O3. The Morgan fingerprint density at radius 2 is 1.96 bits per heavy atom. The Bertz CT molecular complexity index is 992. The van der Waals surface area contributed by atoms with Crippen LogP contribution in [0.15, 0.2) is 59.0 Å². The van der Waals surface area contributed by atoms with E-state index in [0.717, 1.165) is 17.6 Å². The average Bonchev–Trinajstić information content (AvgIpc) is 3.17. The Labute approximate surface area is 165 Å². The lowest BCUT2D eigenvalue weighted by Crippen LogP contribution is -2.53. The van der Waals surface area contributed by atoms with Gasteiger partial charge >= 0.3 is 0 Å². The second-order valence-corrected chi connectivity index (χ2v) is 8.17. The predicted octanol–water partition coefficient (Wildman–Crippen LogP) is 4.21. The van der Waals surface area contributed by atoms with E-state index in [4.69, 9.17) is 14.9 Å².